The summed E-state index contributed by atoms with van der Waals surface area (Å²) in [6.07, 6.45) is 20.5. The number of ketones is 1. The molecule has 2 atom stereocenters. The van der Waals surface area contributed by atoms with Gasteiger partial charge in [-0.15, -0.1) is 0 Å². The average Bonchev–Trinajstić information content (AvgIpc) is 3.27. The lowest BCUT2D eigenvalue weighted by Gasteiger charge is -2.31. The average molecular weight is 986 g/mol. The smallest absolute Gasteiger partial charge is 0.326 e. The van der Waals surface area contributed by atoms with Gasteiger partial charge in [-0.2, -0.15) is 0 Å². The van der Waals surface area contributed by atoms with E-state index in [0.717, 1.165) is 51.4 Å². The summed E-state index contributed by atoms with van der Waals surface area (Å²) in [6, 6.07) is -1.37. The highest BCUT2D eigenvalue weighted by Gasteiger charge is 2.31. The maximum Gasteiger partial charge on any atom is 0.326 e. The van der Waals surface area contributed by atoms with Crippen LogP contribution in [0.15, 0.2) is 0 Å². The molecule has 4 amide bonds. The van der Waals surface area contributed by atoms with Crippen LogP contribution in [-0.4, -0.2) is 142 Å². The Morgan fingerprint density at radius 1 is 0.420 bits per heavy atom. The van der Waals surface area contributed by atoms with Gasteiger partial charge in [0.05, 0.1) is 45.7 Å². The molecule has 0 aromatic rings. The van der Waals surface area contributed by atoms with Gasteiger partial charge in [-0.05, 0) is 59.3 Å². The monoisotopic (exact) mass is 986 g/mol. The number of carboxylic acids is 2. The standard InChI is InChI=1S/C51H95N5O13/c1-50(2,3)48(63)41(56-51(4,5)6)25-23-24-30-52-45(59)39-68-37-36-67-34-32-54-46(60)40-69-38-35-66-33-31-53-43(57)29-28-42(49(64)65)55-44(58)26-21-19-17-15-13-11-9-7-8-10-12-14-16-18-20-22-27-47(61)62/h41-42,56H,7-40H2,1-6H3,(H,52,59)(H,53,57)(H,54,60)(H,55,58)(H,61,62)(H,64,65)/t41-,42?/m0/s1. The van der Waals surface area contributed by atoms with Crippen molar-refractivity contribution in [2.75, 3.05) is 72.5 Å². The second-order valence-corrected chi connectivity index (χ2v) is 20.0. The van der Waals surface area contributed by atoms with Crippen molar-refractivity contribution in [2.45, 2.75) is 207 Å². The molecule has 0 saturated carbocycles. The highest BCUT2D eigenvalue weighted by atomic mass is 16.5. The lowest BCUT2D eigenvalue weighted by atomic mass is 9.84. The largest absolute Gasteiger partial charge is 0.481 e. The van der Waals surface area contributed by atoms with Gasteiger partial charge in [-0.3, -0.25) is 28.8 Å². The van der Waals surface area contributed by atoms with Crippen molar-refractivity contribution >= 4 is 41.4 Å². The zero-order valence-electron chi connectivity index (χ0n) is 43.6. The van der Waals surface area contributed by atoms with E-state index < -0.39 is 23.4 Å². The third-order valence-electron chi connectivity index (χ3n) is 11.1. The first kappa shape index (κ1) is 65.3. The van der Waals surface area contributed by atoms with Crippen LogP contribution in [0.25, 0.3) is 0 Å². The normalized spacial score (nSPS) is 12.6. The van der Waals surface area contributed by atoms with Crippen LogP contribution in [-0.2, 0) is 52.5 Å². The molecule has 0 heterocycles. The fourth-order valence-electron chi connectivity index (χ4n) is 7.34. The SMILES string of the molecule is CC(C)(C)N[C@@H](CCCCNC(=O)COCCOCCNC(=O)COCCOCCNC(=O)CCC(NC(=O)CCCCCCCCCCCCCCCCCCC(=O)O)C(=O)O)C(=O)C(C)(C)C. The van der Waals surface area contributed by atoms with Crippen LogP contribution in [0.5, 0.6) is 0 Å². The molecule has 402 valence electrons. The van der Waals surface area contributed by atoms with Crippen molar-refractivity contribution in [3.63, 3.8) is 0 Å². The summed E-state index contributed by atoms with van der Waals surface area (Å²) in [6.45, 7) is 14.0. The molecule has 0 fully saturated rings. The number of carbonyl (C=O) groups excluding carboxylic acids is 5. The summed E-state index contributed by atoms with van der Waals surface area (Å²) < 4.78 is 21.5. The molecule has 18 nitrogen and oxygen atoms in total. The Labute approximate surface area is 414 Å². The van der Waals surface area contributed by atoms with Crippen LogP contribution in [0.4, 0.5) is 0 Å². The van der Waals surface area contributed by atoms with Crippen LogP contribution < -0.4 is 26.6 Å². The molecule has 18 heteroatoms. The summed E-state index contributed by atoms with van der Waals surface area (Å²) >= 11 is 0. The number of Topliss-reactive ketones (excluding diaryl/α,β-unsaturated/α-hetero) is 1. The number of ether oxygens (including phenoxy) is 4. The molecular formula is C51H95N5O13. The third-order valence-corrected chi connectivity index (χ3v) is 11.1. The molecule has 0 saturated heterocycles. The van der Waals surface area contributed by atoms with Crippen LogP contribution >= 0.6 is 0 Å². The molecule has 0 spiro atoms. The maximum atomic E-state index is 12.9. The van der Waals surface area contributed by atoms with Crippen LogP contribution in [0.2, 0.25) is 0 Å². The van der Waals surface area contributed by atoms with Gasteiger partial charge in [-0.1, -0.05) is 111 Å². The lowest BCUT2D eigenvalue weighted by Crippen LogP contribution is -2.50. The maximum absolute atomic E-state index is 12.9. The minimum Gasteiger partial charge on any atom is -0.481 e. The zero-order chi connectivity index (χ0) is 51.6. The molecule has 0 radical (unpaired) electrons. The Morgan fingerprint density at radius 3 is 1.28 bits per heavy atom. The second-order valence-electron chi connectivity index (χ2n) is 20.0. The molecule has 7 N–H and O–H groups in total. The van der Waals surface area contributed by atoms with Gasteiger partial charge in [0, 0.05) is 49.9 Å². The Bertz CT molecular complexity index is 1400. The second kappa shape index (κ2) is 42.0. The van der Waals surface area contributed by atoms with E-state index >= 15 is 0 Å². The van der Waals surface area contributed by atoms with Crippen LogP contribution in [0.3, 0.4) is 0 Å². The highest BCUT2D eigenvalue weighted by molar-refractivity contribution is 5.88. The molecule has 69 heavy (non-hydrogen) atoms. The minimum atomic E-state index is -1.18. The van der Waals surface area contributed by atoms with E-state index in [9.17, 15) is 38.7 Å². The summed E-state index contributed by atoms with van der Waals surface area (Å²) in [5.41, 5.74) is -0.612. The van der Waals surface area contributed by atoms with Gasteiger partial charge >= 0.3 is 11.9 Å². The van der Waals surface area contributed by atoms with Gasteiger partial charge in [0.15, 0.2) is 5.78 Å². The van der Waals surface area contributed by atoms with Gasteiger partial charge in [-0.25, -0.2) is 4.79 Å². The fraction of sp³-hybridized carbons (Fsp3) is 0.863. The van der Waals surface area contributed by atoms with Gasteiger partial charge in [0.1, 0.15) is 19.3 Å². The topological polar surface area (TPSA) is 257 Å². The number of aliphatic carboxylic acids is 2. The quantitative estimate of drug-likeness (QED) is 0.0326. The first-order valence-electron chi connectivity index (χ1n) is 26.0. The van der Waals surface area contributed by atoms with Crippen LogP contribution in [0, 0.1) is 5.41 Å². The van der Waals surface area contributed by atoms with Crippen molar-refractivity contribution in [1.82, 2.24) is 26.6 Å². The number of hydrogen-bond acceptors (Lipinski definition) is 12. The van der Waals surface area contributed by atoms with Crippen LogP contribution in [0.1, 0.15) is 189 Å². The number of rotatable bonds is 47. The molecule has 1 unspecified atom stereocenters. The fourth-order valence-corrected chi connectivity index (χ4v) is 7.34. The van der Waals surface area contributed by atoms with E-state index in [1.165, 1.54) is 57.8 Å². The number of unbranched alkanes of at least 4 members (excludes halogenated alkanes) is 16. The summed E-state index contributed by atoms with van der Waals surface area (Å²) in [5, 5.41) is 32.4. The number of amides is 4. The van der Waals surface area contributed by atoms with Crippen molar-refractivity contribution in [1.29, 1.82) is 0 Å². The first-order valence-corrected chi connectivity index (χ1v) is 26.0. The number of carboxylic acid groups (broad SMARTS) is 2. The van der Waals surface area contributed by atoms with Crippen molar-refractivity contribution in [2.24, 2.45) is 5.41 Å². The van der Waals surface area contributed by atoms with E-state index in [1.54, 1.807) is 0 Å². The van der Waals surface area contributed by atoms with Crippen molar-refractivity contribution in [3.05, 3.63) is 0 Å². The Hall–Kier alpha value is -3.71. The van der Waals surface area contributed by atoms with Gasteiger partial charge in [0.25, 0.3) is 0 Å². The Morgan fingerprint density at radius 2 is 0.841 bits per heavy atom. The summed E-state index contributed by atoms with van der Waals surface area (Å²) in [4.78, 5) is 83.8. The van der Waals surface area contributed by atoms with Crippen molar-refractivity contribution in [3.8, 4) is 0 Å². The first-order chi connectivity index (χ1) is 32.8. The highest BCUT2D eigenvalue weighted by Crippen LogP contribution is 2.21. The molecule has 0 aliphatic carbocycles. The van der Waals surface area contributed by atoms with E-state index in [-0.39, 0.29) is 133 Å². The summed E-state index contributed by atoms with van der Waals surface area (Å²) in [5.74, 6) is -2.91. The third kappa shape index (κ3) is 44.0. The molecule has 0 aliphatic rings. The zero-order valence-corrected chi connectivity index (χ0v) is 43.6. The molecule has 0 rings (SSSR count). The molecule has 0 aromatic heterocycles. The molecular weight excluding hydrogens is 891 g/mol. The number of hydrogen-bond donors (Lipinski definition) is 7. The molecule has 0 aliphatic heterocycles. The Kier molecular flexibility index (Phi) is 39.8. The molecule has 0 bridgehead atoms. The van der Waals surface area contributed by atoms with E-state index in [2.05, 4.69) is 26.6 Å². The van der Waals surface area contributed by atoms with E-state index in [1.807, 2.05) is 41.5 Å². The van der Waals surface area contributed by atoms with Gasteiger partial charge in [0.2, 0.25) is 23.6 Å². The van der Waals surface area contributed by atoms with E-state index in [0.29, 0.717) is 19.4 Å². The molecule has 0 aromatic carbocycles. The predicted octanol–water partition coefficient (Wildman–Crippen LogP) is 6.40. The van der Waals surface area contributed by atoms with Gasteiger partial charge < -0.3 is 55.7 Å². The Balaban J connectivity index is 3.73. The number of nitrogens with one attached hydrogen (secondary N) is 5. The lowest BCUT2D eigenvalue weighted by molar-refractivity contribution is -0.142. The van der Waals surface area contributed by atoms with Crippen molar-refractivity contribution < 1.29 is 62.7 Å². The number of carbonyl (C=O) groups is 7. The predicted molar refractivity (Wildman–Crippen MR) is 267 cm³/mol. The minimum absolute atomic E-state index is 0.0240. The van der Waals surface area contributed by atoms with E-state index in [4.69, 9.17) is 24.1 Å². The summed E-state index contributed by atoms with van der Waals surface area (Å²) in [7, 11) is 0.